The van der Waals surface area contributed by atoms with Crippen LogP contribution in [0.5, 0.6) is 5.75 Å². The van der Waals surface area contributed by atoms with Crippen LogP contribution in [0.25, 0.3) is 11.1 Å². The minimum Gasteiger partial charge on any atom is -0.491 e. The van der Waals surface area contributed by atoms with Crippen LogP contribution >= 0.6 is 0 Å². The molecule has 1 saturated carbocycles. The maximum Gasteiger partial charge on any atom is 0.306 e. The Morgan fingerprint density at radius 3 is 2.27 bits per heavy atom. The number of amides is 1. The number of rotatable bonds is 8. The van der Waals surface area contributed by atoms with Crippen LogP contribution in [0.15, 0.2) is 48.5 Å². The second kappa shape index (κ2) is 10.5. The van der Waals surface area contributed by atoms with Crippen molar-refractivity contribution in [2.24, 2.45) is 11.7 Å². The number of hydrogen-bond acceptors (Lipinski definition) is 5. The van der Waals surface area contributed by atoms with Gasteiger partial charge in [0.05, 0.1) is 18.4 Å². The largest absolute Gasteiger partial charge is 0.491 e. The van der Waals surface area contributed by atoms with Crippen molar-refractivity contribution >= 4 is 17.7 Å². The minimum absolute atomic E-state index is 0.0184. The van der Waals surface area contributed by atoms with Crippen LogP contribution in [0, 0.1) is 11.3 Å². The van der Waals surface area contributed by atoms with E-state index in [4.69, 9.17) is 20.6 Å². The standard InChI is InChI=1S/C26H31N3O4/c27-25(28)19-8-6-17(7-9-19)18-10-12-22(13-11-18)32-16-21-14-20(26(31)29-21)15-24(30)33-23-4-2-1-3-5-23/h6-13,20-21,23H,1-5,14-16H2,(H3,27,28)(H,29,31)/t20-,21-/m0/s1. The average molecular weight is 450 g/mol. The molecule has 2 aliphatic rings. The van der Waals surface area contributed by atoms with Crippen LogP contribution in [0.2, 0.25) is 0 Å². The van der Waals surface area contributed by atoms with Crippen molar-refractivity contribution in [2.75, 3.05) is 6.61 Å². The first-order valence-corrected chi connectivity index (χ1v) is 11.7. The minimum atomic E-state index is -0.352. The number of nitrogens with one attached hydrogen (secondary N) is 2. The van der Waals surface area contributed by atoms with E-state index in [2.05, 4.69) is 5.32 Å². The zero-order valence-electron chi connectivity index (χ0n) is 18.7. The van der Waals surface area contributed by atoms with Crippen molar-refractivity contribution < 1.29 is 19.1 Å². The van der Waals surface area contributed by atoms with Gasteiger partial charge in [-0.15, -0.1) is 0 Å². The third kappa shape index (κ3) is 6.12. The molecule has 174 valence electrons. The predicted octanol–water partition coefficient (Wildman–Crippen LogP) is 3.79. The molecule has 2 fully saturated rings. The normalized spacial score (nSPS) is 20.8. The second-order valence-corrected chi connectivity index (χ2v) is 8.92. The molecule has 1 saturated heterocycles. The zero-order chi connectivity index (χ0) is 23.2. The summed E-state index contributed by atoms with van der Waals surface area (Å²) in [5.74, 6) is 0.0419. The second-order valence-electron chi connectivity index (χ2n) is 8.92. The summed E-state index contributed by atoms with van der Waals surface area (Å²) in [6.45, 7) is 0.354. The Labute approximate surface area is 194 Å². The number of nitrogen functional groups attached to an aromatic ring is 1. The molecule has 4 rings (SSSR count). The van der Waals surface area contributed by atoms with Crippen molar-refractivity contribution in [1.29, 1.82) is 5.41 Å². The summed E-state index contributed by atoms with van der Waals surface area (Å²) in [6, 6.07) is 15.1. The lowest BCUT2D eigenvalue weighted by Gasteiger charge is -2.22. The van der Waals surface area contributed by atoms with Gasteiger partial charge in [-0.3, -0.25) is 15.0 Å². The topological polar surface area (TPSA) is 115 Å². The van der Waals surface area contributed by atoms with Crippen molar-refractivity contribution in [2.45, 2.75) is 57.1 Å². The lowest BCUT2D eigenvalue weighted by molar-refractivity contribution is -0.152. The van der Waals surface area contributed by atoms with Crippen LogP contribution in [0.3, 0.4) is 0 Å². The third-order valence-electron chi connectivity index (χ3n) is 6.38. The predicted molar refractivity (Wildman–Crippen MR) is 126 cm³/mol. The van der Waals surface area contributed by atoms with Gasteiger partial charge in [-0.1, -0.05) is 42.8 Å². The van der Waals surface area contributed by atoms with E-state index in [1.54, 1.807) is 0 Å². The zero-order valence-corrected chi connectivity index (χ0v) is 18.7. The fourth-order valence-corrected chi connectivity index (χ4v) is 4.52. The van der Waals surface area contributed by atoms with Gasteiger partial charge in [-0.25, -0.2) is 0 Å². The van der Waals surface area contributed by atoms with E-state index in [-0.39, 0.29) is 42.2 Å². The van der Waals surface area contributed by atoms with E-state index < -0.39 is 0 Å². The van der Waals surface area contributed by atoms with Gasteiger partial charge < -0.3 is 20.5 Å². The highest BCUT2D eigenvalue weighted by molar-refractivity contribution is 5.95. The van der Waals surface area contributed by atoms with Crippen LogP contribution in [0.4, 0.5) is 0 Å². The van der Waals surface area contributed by atoms with Gasteiger partial charge in [-0.2, -0.15) is 0 Å². The Balaban J connectivity index is 1.24. The van der Waals surface area contributed by atoms with E-state index in [9.17, 15) is 9.59 Å². The maximum absolute atomic E-state index is 12.3. The molecule has 7 heteroatoms. The molecule has 2 aromatic rings. The molecule has 0 bridgehead atoms. The molecule has 1 aliphatic carbocycles. The number of nitrogens with two attached hydrogens (primary N) is 1. The van der Waals surface area contributed by atoms with Gasteiger partial charge >= 0.3 is 5.97 Å². The molecular weight excluding hydrogens is 418 g/mol. The number of esters is 1. The molecular formula is C26H31N3O4. The molecule has 0 spiro atoms. The number of hydrogen-bond donors (Lipinski definition) is 3. The lowest BCUT2D eigenvalue weighted by Crippen LogP contribution is -2.31. The van der Waals surface area contributed by atoms with E-state index in [1.165, 1.54) is 6.42 Å². The van der Waals surface area contributed by atoms with E-state index in [0.29, 0.717) is 24.3 Å². The molecule has 4 N–H and O–H groups in total. The van der Waals surface area contributed by atoms with Crippen molar-refractivity contribution in [3.8, 4) is 16.9 Å². The lowest BCUT2D eigenvalue weighted by atomic mass is 9.97. The quantitative estimate of drug-likeness (QED) is 0.322. The Morgan fingerprint density at radius 2 is 1.64 bits per heavy atom. The number of carbonyl (C=O) groups is 2. The van der Waals surface area contributed by atoms with E-state index in [0.717, 1.165) is 36.8 Å². The Hall–Kier alpha value is -3.35. The highest BCUT2D eigenvalue weighted by atomic mass is 16.5. The smallest absolute Gasteiger partial charge is 0.306 e. The van der Waals surface area contributed by atoms with Crippen molar-refractivity contribution in [1.82, 2.24) is 5.32 Å². The average Bonchev–Trinajstić information content (AvgIpc) is 3.17. The molecule has 1 aliphatic heterocycles. The number of ether oxygens (including phenoxy) is 2. The van der Waals surface area contributed by atoms with Gasteiger partial charge in [0.1, 0.15) is 24.3 Å². The number of amidine groups is 1. The van der Waals surface area contributed by atoms with Crippen molar-refractivity contribution in [3.05, 3.63) is 54.1 Å². The first-order chi connectivity index (χ1) is 16.0. The summed E-state index contributed by atoms with van der Waals surface area (Å²) in [5, 5.41) is 10.4. The summed E-state index contributed by atoms with van der Waals surface area (Å²) in [4.78, 5) is 24.5. The molecule has 1 amide bonds. The molecule has 0 radical (unpaired) electrons. The maximum atomic E-state index is 12.3. The summed E-state index contributed by atoms with van der Waals surface area (Å²) in [6.07, 6.45) is 6.00. The van der Waals surface area contributed by atoms with Crippen LogP contribution < -0.4 is 15.8 Å². The third-order valence-corrected chi connectivity index (χ3v) is 6.38. The first kappa shape index (κ1) is 22.8. The number of carbonyl (C=O) groups excluding carboxylic acids is 2. The summed E-state index contributed by atoms with van der Waals surface area (Å²) < 4.78 is 11.4. The van der Waals surface area contributed by atoms with Gasteiger partial charge in [0.25, 0.3) is 0 Å². The molecule has 1 heterocycles. The monoisotopic (exact) mass is 449 g/mol. The summed E-state index contributed by atoms with van der Waals surface area (Å²) >= 11 is 0. The van der Waals surface area contributed by atoms with Crippen molar-refractivity contribution in [3.63, 3.8) is 0 Å². The van der Waals surface area contributed by atoms with Gasteiger partial charge in [0.2, 0.25) is 5.91 Å². The van der Waals surface area contributed by atoms with Gasteiger partial charge in [0, 0.05) is 5.56 Å². The number of benzene rings is 2. The molecule has 0 aromatic heterocycles. The van der Waals surface area contributed by atoms with Gasteiger partial charge in [-0.05, 0) is 55.4 Å². The molecule has 2 atom stereocenters. The molecule has 7 nitrogen and oxygen atoms in total. The van der Waals surface area contributed by atoms with Crippen LogP contribution in [-0.4, -0.2) is 36.5 Å². The molecule has 33 heavy (non-hydrogen) atoms. The Kier molecular flexibility index (Phi) is 7.27. The van der Waals surface area contributed by atoms with E-state index >= 15 is 0 Å². The molecule has 2 aromatic carbocycles. The van der Waals surface area contributed by atoms with Crippen LogP contribution in [0.1, 0.15) is 50.5 Å². The highest BCUT2D eigenvalue weighted by Gasteiger charge is 2.34. The SMILES string of the molecule is N=C(N)c1ccc(-c2ccc(OC[C@@H]3C[C@@H](CC(=O)OC4CCCCC4)C(=O)N3)cc2)cc1. The summed E-state index contributed by atoms with van der Waals surface area (Å²) in [7, 11) is 0. The van der Waals surface area contributed by atoms with Gasteiger partial charge in [0.15, 0.2) is 0 Å². The fourth-order valence-electron chi connectivity index (χ4n) is 4.52. The Morgan fingerprint density at radius 1 is 1.00 bits per heavy atom. The molecule has 0 unspecified atom stereocenters. The van der Waals surface area contributed by atoms with Crippen LogP contribution in [-0.2, 0) is 14.3 Å². The first-order valence-electron chi connectivity index (χ1n) is 11.7. The van der Waals surface area contributed by atoms with E-state index in [1.807, 2.05) is 48.5 Å². The highest BCUT2D eigenvalue weighted by Crippen LogP contribution is 2.26. The Bertz CT molecular complexity index is 982. The fraction of sp³-hybridized carbons (Fsp3) is 0.423. The summed E-state index contributed by atoms with van der Waals surface area (Å²) in [5.41, 5.74) is 8.25.